The summed E-state index contributed by atoms with van der Waals surface area (Å²) < 4.78 is 11.9. The Bertz CT molecular complexity index is 785. The van der Waals surface area contributed by atoms with E-state index in [0.717, 1.165) is 38.5 Å². The van der Waals surface area contributed by atoms with E-state index in [0.29, 0.717) is 19.0 Å². The molecule has 9 nitrogen and oxygen atoms in total. The van der Waals surface area contributed by atoms with Gasteiger partial charge in [-0.2, -0.15) is 0 Å². The topological polar surface area (TPSA) is 132 Å². The van der Waals surface area contributed by atoms with Crippen LogP contribution in [0.4, 0.5) is 0 Å². The smallest absolute Gasteiger partial charge is 0.273 e. The summed E-state index contributed by atoms with van der Waals surface area (Å²) in [6, 6.07) is 2.94. The molecular formula is C26H44N4O5. The Labute approximate surface area is 209 Å². The third kappa shape index (κ3) is 12.5. The fourth-order valence-corrected chi connectivity index (χ4v) is 3.57. The molecule has 0 unspecified atom stereocenters. The highest BCUT2D eigenvalue weighted by molar-refractivity contribution is 6.03. The van der Waals surface area contributed by atoms with Crippen molar-refractivity contribution in [3.8, 4) is 11.5 Å². The van der Waals surface area contributed by atoms with Gasteiger partial charge in [0.1, 0.15) is 11.5 Å². The Balaban J connectivity index is 2.97. The predicted octanol–water partition coefficient (Wildman–Crippen LogP) is 4.55. The van der Waals surface area contributed by atoms with Crippen molar-refractivity contribution in [2.75, 3.05) is 13.2 Å². The lowest BCUT2D eigenvalue weighted by molar-refractivity contribution is -0.119. The number of nitrogen functional groups attached to an aromatic ring is 1. The number of nitrogens with two attached hydrogens (primary N) is 1. The number of carbonyl (C=O) groups is 3. The standard InChI is InChI=1S/C26H44N4O5/c1-4-6-8-10-12-14-16-34-23-19-24(35-17-15-13-11-9-7-5-2)22(18-21(23)25(32)28-27)26(33)30-29-20(3)31/h18-19H,4-17,27H2,1-3H3,(H,28,32)(H,29,31)(H,30,33). The Morgan fingerprint density at radius 3 is 1.60 bits per heavy atom. The van der Waals surface area contributed by atoms with Crippen LogP contribution in [-0.2, 0) is 4.79 Å². The molecule has 9 heteroatoms. The van der Waals surface area contributed by atoms with Gasteiger partial charge in [0.2, 0.25) is 5.91 Å². The molecule has 0 fully saturated rings. The molecule has 1 aromatic rings. The number of unbranched alkanes of at least 4 members (excludes halogenated alkanes) is 10. The lowest BCUT2D eigenvalue weighted by Gasteiger charge is -2.17. The molecule has 0 aliphatic rings. The molecule has 0 aliphatic carbocycles. The van der Waals surface area contributed by atoms with Gasteiger partial charge >= 0.3 is 0 Å². The summed E-state index contributed by atoms with van der Waals surface area (Å²) in [7, 11) is 0. The molecule has 0 saturated heterocycles. The van der Waals surface area contributed by atoms with E-state index >= 15 is 0 Å². The van der Waals surface area contributed by atoms with E-state index in [4.69, 9.17) is 15.3 Å². The van der Waals surface area contributed by atoms with Gasteiger partial charge in [0.25, 0.3) is 11.8 Å². The first kappa shape index (κ1) is 30.2. The van der Waals surface area contributed by atoms with Gasteiger partial charge in [0.15, 0.2) is 0 Å². The zero-order valence-electron chi connectivity index (χ0n) is 21.7. The number of hydrogen-bond donors (Lipinski definition) is 4. The molecule has 0 spiro atoms. The largest absolute Gasteiger partial charge is 0.493 e. The van der Waals surface area contributed by atoms with Gasteiger partial charge in [0.05, 0.1) is 24.3 Å². The number of hydrazine groups is 2. The van der Waals surface area contributed by atoms with Crippen LogP contribution in [0, 0.1) is 0 Å². The summed E-state index contributed by atoms with van der Waals surface area (Å²) in [6.07, 6.45) is 13.3. The maximum atomic E-state index is 12.7. The second kappa shape index (κ2) is 18.5. The molecule has 1 aromatic carbocycles. The summed E-state index contributed by atoms with van der Waals surface area (Å²) in [5.41, 5.74) is 6.91. The van der Waals surface area contributed by atoms with Crippen molar-refractivity contribution in [2.24, 2.45) is 5.84 Å². The first-order valence-electron chi connectivity index (χ1n) is 13.0. The second-order valence-electron chi connectivity index (χ2n) is 8.69. The van der Waals surface area contributed by atoms with Crippen molar-refractivity contribution in [2.45, 2.75) is 97.8 Å². The Morgan fingerprint density at radius 2 is 1.14 bits per heavy atom. The number of carbonyl (C=O) groups excluding carboxylic acids is 3. The maximum Gasteiger partial charge on any atom is 0.273 e. The fourth-order valence-electron chi connectivity index (χ4n) is 3.57. The van der Waals surface area contributed by atoms with Gasteiger partial charge in [-0.1, -0.05) is 78.1 Å². The van der Waals surface area contributed by atoms with Crippen LogP contribution >= 0.6 is 0 Å². The van der Waals surface area contributed by atoms with Crippen molar-refractivity contribution in [3.05, 3.63) is 23.3 Å². The molecule has 5 N–H and O–H groups in total. The molecular weight excluding hydrogens is 448 g/mol. The van der Waals surface area contributed by atoms with Crippen LogP contribution in [0.5, 0.6) is 11.5 Å². The third-order valence-electron chi connectivity index (χ3n) is 5.57. The molecule has 35 heavy (non-hydrogen) atoms. The molecule has 198 valence electrons. The van der Waals surface area contributed by atoms with Crippen LogP contribution in [-0.4, -0.2) is 30.9 Å². The quantitative estimate of drug-likeness (QED) is 0.103. The Morgan fingerprint density at radius 1 is 0.686 bits per heavy atom. The molecule has 0 bridgehead atoms. The van der Waals surface area contributed by atoms with Gasteiger partial charge in [-0.3, -0.25) is 30.7 Å². The Hall–Kier alpha value is -2.81. The number of nitrogens with one attached hydrogen (secondary N) is 3. The zero-order valence-corrected chi connectivity index (χ0v) is 21.7. The first-order chi connectivity index (χ1) is 16.9. The molecule has 0 aliphatic heterocycles. The van der Waals surface area contributed by atoms with Crippen LogP contribution in [0.25, 0.3) is 0 Å². The SMILES string of the molecule is CCCCCCCCOc1cc(OCCCCCCCC)c(C(=O)NNC(C)=O)cc1C(=O)NN. The van der Waals surface area contributed by atoms with E-state index in [1.165, 1.54) is 51.5 Å². The van der Waals surface area contributed by atoms with E-state index < -0.39 is 17.7 Å². The highest BCUT2D eigenvalue weighted by atomic mass is 16.5. The van der Waals surface area contributed by atoms with Crippen molar-refractivity contribution in [1.29, 1.82) is 0 Å². The second-order valence-corrected chi connectivity index (χ2v) is 8.69. The lowest BCUT2D eigenvalue weighted by Crippen LogP contribution is -2.40. The van der Waals surface area contributed by atoms with E-state index in [2.05, 4.69) is 30.1 Å². The van der Waals surface area contributed by atoms with Crippen molar-refractivity contribution < 1.29 is 23.9 Å². The predicted molar refractivity (Wildman–Crippen MR) is 137 cm³/mol. The minimum Gasteiger partial charge on any atom is -0.493 e. The van der Waals surface area contributed by atoms with E-state index in [-0.39, 0.29) is 16.9 Å². The summed E-state index contributed by atoms with van der Waals surface area (Å²) in [6.45, 7) is 6.50. The number of hydrogen-bond acceptors (Lipinski definition) is 6. The number of benzene rings is 1. The van der Waals surface area contributed by atoms with Crippen molar-refractivity contribution in [3.63, 3.8) is 0 Å². The molecule has 0 saturated carbocycles. The molecule has 0 heterocycles. The number of rotatable bonds is 18. The molecule has 0 radical (unpaired) electrons. The van der Waals surface area contributed by atoms with Crippen LogP contribution < -0.4 is 31.6 Å². The van der Waals surface area contributed by atoms with Crippen LogP contribution in [0.15, 0.2) is 12.1 Å². The normalized spacial score (nSPS) is 10.5. The van der Waals surface area contributed by atoms with Crippen LogP contribution in [0.2, 0.25) is 0 Å². The Kier molecular flexibility index (Phi) is 16.0. The molecule has 0 atom stereocenters. The summed E-state index contributed by atoms with van der Waals surface area (Å²) in [5, 5.41) is 0. The minimum absolute atomic E-state index is 0.107. The highest BCUT2D eigenvalue weighted by Gasteiger charge is 2.21. The monoisotopic (exact) mass is 492 g/mol. The fraction of sp³-hybridized carbons (Fsp3) is 0.654. The van der Waals surface area contributed by atoms with E-state index in [1.54, 1.807) is 6.07 Å². The summed E-state index contributed by atoms with van der Waals surface area (Å²) in [5.74, 6) is 4.34. The highest BCUT2D eigenvalue weighted by Crippen LogP contribution is 2.30. The van der Waals surface area contributed by atoms with Gasteiger partial charge in [-0.15, -0.1) is 0 Å². The van der Waals surface area contributed by atoms with Crippen molar-refractivity contribution in [1.82, 2.24) is 16.3 Å². The number of amides is 3. The third-order valence-corrected chi connectivity index (χ3v) is 5.57. The van der Waals surface area contributed by atoms with Gasteiger partial charge in [0, 0.05) is 13.0 Å². The zero-order chi connectivity index (χ0) is 25.9. The lowest BCUT2D eigenvalue weighted by atomic mass is 10.1. The minimum atomic E-state index is -0.605. The molecule has 1 rings (SSSR count). The van der Waals surface area contributed by atoms with E-state index in [1.807, 2.05) is 0 Å². The average molecular weight is 493 g/mol. The van der Waals surface area contributed by atoms with E-state index in [9.17, 15) is 14.4 Å². The maximum absolute atomic E-state index is 12.7. The van der Waals surface area contributed by atoms with Gasteiger partial charge in [-0.25, -0.2) is 5.84 Å². The van der Waals surface area contributed by atoms with Gasteiger partial charge in [-0.05, 0) is 18.9 Å². The van der Waals surface area contributed by atoms with Crippen LogP contribution in [0.1, 0.15) is 119 Å². The summed E-state index contributed by atoms with van der Waals surface area (Å²) in [4.78, 5) is 36.4. The molecule has 3 amide bonds. The first-order valence-corrected chi connectivity index (χ1v) is 13.0. The van der Waals surface area contributed by atoms with Crippen LogP contribution in [0.3, 0.4) is 0 Å². The van der Waals surface area contributed by atoms with Gasteiger partial charge < -0.3 is 9.47 Å². The number of ether oxygens (including phenoxy) is 2. The summed E-state index contributed by atoms with van der Waals surface area (Å²) >= 11 is 0. The molecule has 0 aromatic heterocycles. The van der Waals surface area contributed by atoms with Crippen molar-refractivity contribution >= 4 is 17.7 Å². The average Bonchev–Trinajstić information content (AvgIpc) is 2.85.